The van der Waals surface area contributed by atoms with Crippen molar-refractivity contribution in [1.29, 1.82) is 0 Å². The van der Waals surface area contributed by atoms with Gasteiger partial charge in [-0.05, 0) is 17.7 Å². The van der Waals surface area contributed by atoms with Crippen molar-refractivity contribution in [3.05, 3.63) is 78.1 Å². The number of benzene rings is 2. The summed E-state index contributed by atoms with van der Waals surface area (Å²) < 4.78 is 20.2. The maximum Gasteiger partial charge on any atom is 0.338 e. The minimum atomic E-state index is -0.607. The lowest BCUT2D eigenvalue weighted by Crippen LogP contribution is -2.47. The minimum Gasteiger partial charge on any atom is -0.457 e. The van der Waals surface area contributed by atoms with E-state index in [-0.39, 0.29) is 17.9 Å². The van der Waals surface area contributed by atoms with Gasteiger partial charge in [0, 0.05) is 26.2 Å². The molecule has 7 nitrogen and oxygen atoms in total. The van der Waals surface area contributed by atoms with Gasteiger partial charge in [-0.25, -0.2) is 19.2 Å². The number of carbonyl (C=O) groups is 1. The Morgan fingerprint density at radius 2 is 1.70 bits per heavy atom. The van der Waals surface area contributed by atoms with Crippen molar-refractivity contribution in [2.24, 2.45) is 0 Å². The van der Waals surface area contributed by atoms with Crippen LogP contribution in [0.25, 0.3) is 0 Å². The first-order valence-electron chi connectivity index (χ1n) is 9.67. The first-order chi connectivity index (χ1) is 14.6. The van der Waals surface area contributed by atoms with Gasteiger partial charge in [0.15, 0.2) is 0 Å². The zero-order chi connectivity index (χ0) is 20.9. The Hall–Kier alpha value is -3.68. The van der Waals surface area contributed by atoms with Crippen molar-refractivity contribution in [1.82, 2.24) is 9.97 Å². The molecule has 1 fully saturated rings. The van der Waals surface area contributed by atoms with E-state index < -0.39 is 11.8 Å². The van der Waals surface area contributed by atoms with Gasteiger partial charge in [-0.3, -0.25) is 0 Å². The molecule has 2 aromatic carbocycles. The summed E-state index contributed by atoms with van der Waals surface area (Å²) in [5.74, 6) is -1.14. The van der Waals surface area contributed by atoms with Crippen LogP contribution in [-0.4, -0.2) is 42.1 Å². The maximum atomic E-state index is 14.9. The fourth-order valence-corrected chi connectivity index (χ4v) is 3.52. The Kier molecular flexibility index (Phi) is 5.74. The van der Waals surface area contributed by atoms with Crippen LogP contribution in [-0.2, 0) is 11.3 Å². The number of halogens is 1. The Morgan fingerprint density at radius 1 is 1.03 bits per heavy atom. The summed E-state index contributed by atoms with van der Waals surface area (Å²) in [4.78, 5) is 24.4. The summed E-state index contributed by atoms with van der Waals surface area (Å²) in [6, 6.07) is 12.0. The molecule has 4 rings (SSSR count). The zero-order valence-electron chi connectivity index (χ0n) is 16.4. The first-order valence-corrected chi connectivity index (χ1v) is 9.67. The van der Waals surface area contributed by atoms with Gasteiger partial charge in [0.25, 0.3) is 0 Å². The lowest BCUT2D eigenvalue weighted by Gasteiger charge is -2.37. The molecule has 2 N–H and O–H groups in total. The van der Waals surface area contributed by atoms with Crippen LogP contribution in [0.15, 0.2) is 61.2 Å². The Balaban J connectivity index is 1.42. The van der Waals surface area contributed by atoms with Gasteiger partial charge in [-0.2, -0.15) is 0 Å². The Morgan fingerprint density at radius 3 is 2.37 bits per heavy atom. The van der Waals surface area contributed by atoms with Crippen LogP contribution in [0.5, 0.6) is 0 Å². The summed E-state index contributed by atoms with van der Waals surface area (Å²) in [5, 5.41) is 0. The molecule has 154 valence electrons. The zero-order valence-corrected chi connectivity index (χ0v) is 16.4. The molecule has 0 saturated carbocycles. The van der Waals surface area contributed by atoms with Gasteiger partial charge in [-0.15, -0.1) is 0 Å². The van der Waals surface area contributed by atoms with Crippen LogP contribution in [0.4, 0.5) is 21.5 Å². The van der Waals surface area contributed by atoms with E-state index in [1.807, 2.05) is 35.2 Å². The fraction of sp³-hybridized carbons (Fsp3) is 0.227. The highest BCUT2D eigenvalue weighted by Crippen LogP contribution is 2.30. The molecule has 1 aliphatic rings. The molecule has 1 aliphatic heterocycles. The molecule has 0 aliphatic carbocycles. The summed E-state index contributed by atoms with van der Waals surface area (Å²) >= 11 is 0. The van der Waals surface area contributed by atoms with Crippen LogP contribution in [0.2, 0.25) is 0 Å². The third kappa shape index (κ3) is 4.32. The summed E-state index contributed by atoms with van der Waals surface area (Å²) in [5.41, 5.74) is 8.55. The standard InChI is InChI=1S/C22H22FN5O2/c23-19-10-17(22(29)30-14-16-4-2-1-3-5-16)11-20(24)21(19)28-8-6-27(7-9-28)18-12-25-15-26-13-18/h1-5,10-13,15H,6-9,14,24H2. The number of piperazine rings is 1. The van der Waals surface area contributed by atoms with Gasteiger partial charge in [-0.1, -0.05) is 30.3 Å². The van der Waals surface area contributed by atoms with Crippen molar-refractivity contribution in [2.45, 2.75) is 6.61 Å². The fourth-order valence-electron chi connectivity index (χ4n) is 3.52. The van der Waals surface area contributed by atoms with Crippen LogP contribution in [0.3, 0.4) is 0 Å². The highest BCUT2D eigenvalue weighted by molar-refractivity contribution is 5.92. The van der Waals surface area contributed by atoms with Crippen LogP contribution in [0, 0.1) is 5.82 Å². The molecule has 0 bridgehead atoms. The number of ether oxygens (including phenoxy) is 1. The van der Waals surface area contributed by atoms with E-state index in [0.29, 0.717) is 31.9 Å². The number of nitrogen functional groups attached to an aromatic ring is 1. The number of carbonyl (C=O) groups excluding carboxylic acids is 1. The van der Waals surface area contributed by atoms with Gasteiger partial charge in [0.1, 0.15) is 18.8 Å². The molecule has 3 aromatic rings. The Labute approximate surface area is 173 Å². The number of anilines is 3. The van der Waals surface area contributed by atoms with Crippen LogP contribution in [0.1, 0.15) is 15.9 Å². The second-order valence-corrected chi connectivity index (χ2v) is 7.03. The molecule has 8 heteroatoms. The number of nitrogens with two attached hydrogens (primary N) is 1. The second kappa shape index (κ2) is 8.77. The number of nitrogens with zero attached hydrogens (tertiary/aromatic N) is 4. The van der Waals surface area contributed by atoms with Crippen molar-refractivity contribution >= 4 is 23.0 Å². The van der Waals surface area contributed by atoms with Crippen molar-refractivity contribution in [3.8, 4) is 0 Å². The summed E-state index contributed by atoms with van der Waals surface area (Å²) in [6.45, 7) is 2.68. The number of aromatic nitrogens is 2. The van der Waals surface area contributed by atoms with E-state index in [1.165, 1.54) is 18.5 Å². The largest absolute Gasteiger partial charge is 0.457 e. The third-order valence-electron chi connectivity index (χ3n) is 5.05. The van der Waals surface area contributed by atoms with Gasteiger partial charge < -0.3 is 20.3 Å². The topological polar surface area (TPSA) is 84.6 Å². The monoisotopic (exact) mass is 407 g/mol. The van der Waals surface area contributed by atoms with E-state index in [9.17, 15) is 9.18 Å². The molecule has 1 aromatic heterocycles. The van der Waals surface area contributed by atoms with E-state index in [0.717, 1.165) is 11.3 Å². The van der Waals surface area contributed by atoms with E-state index in [4.69, 9.17) is 10.5 Å². The summed E-state index contributed by atoms with van der Waals surface area (Å²) in [6.07, 6.45) is 5.00. The molecule has 30 heavy (non-hydrogen) atoms. The highest BCUT2D eigenvalue weighted by atomic mass is 19.1. The molecular formula is C22H22FN5O2. The molecule has 1 saturated heterocycles. The predicted molar refractivity (Wildman–Crippen MR) is 113 cm³/mol. The van der Waals surface area contributed by atoms with E-state index in [1.54, 1.807) is 12.4 Å². The maximum absolute atomic E-state index is 14.9. The lowest BCUT2D eigenvalue weighted by atomic mass is 10.1. The normalized spacial score (nSPS) is 13.9. The quantitative estimate of drug-likeness (QED) is 0.514. The molecule has 0 spiro atoms. The lowest BCUT2D eigenvalue weighted by molar-refractivity contribution is 0.0472. The molecule has 0 amide bonds. The summed E-state index contributed by atoms with van der Waals surface area (Å²) in [7, 11) is 0. The van der Waals surface area contributed by atoms with Crippen molar-refractivity contribution in [2.75, 3.05) is 41.7 Å². The predicted octanol–water partition coefficient (Wildman–Crippen LogP) is 2.88. The second-order valence-electron chi connectivity index (χ2n) is 7.03. The van der Waals surface area contributed by atoms with Crippen LogP contribution >= 0.6 is 0 Å². The number of esters is 1. The first kappa shape index (κ1) is 19.6. The van der Waals surface area contributed by atoms with Gasteiger partial charge in [0.2, 0.25) is 0 Å². The molecule has 0 unspecified atom stereocenters. The molecule has 0 radical (unpaired) electrons. The number of hydrogen-bond acceptors (Lipinski definition) is 7. The van der Waals surface area contributed by atoms with Crippen molar-refractivity contribution in [3.63, 3.8) is 0 Å². The third-order valence-corrected chi connectivity index (χ3v) is 5.05. The van der Waals surface area contributed by atoms with Crippen LogP contribution < -0.4 is 15.5 Å². The highest BCUT2D eigenvalue weighted by Gasteiger charge is 2.23. The Bertz CT molecular complexity index is 986. The van der Waals surface area contributed by atoms with Crippen molar-refractivity contribution < 1.29 is 13.9 Å². The molecule has 2 heterocycles. The molecule has 0 atom stereocenters. The van der Waals surface area contributed by atoms with E-state index in [2.05, 4.69) is 14.9 Å². The smallest absolute Gasteiger partial charge is 0.338 e. The minimum absolute atomic E-state index is 0.102. The average molecular weight is 407 g/mol. The number of rotatable bonds is 5. The molecular weight excluding hydrogens is 385 g/mol. The van der Waals surface area contributed by atoms with Gasteiger partial charge in [0.05, 0.1) is 35.0 Å². The SMILES string of the molecule is Nc1cc(C(=O)OCc2ccccc2)cc(F)c1N1CCN(c2cncnc2)CC1. The average Bonchev–Trinajstić information content (AvgIpc) is 2.79. The number of hydrogen-bond donors (Lipinski definition) is 1. The van der Waals surface area contributed by atoms with E-state index >= 15 is 0 Å². The van der Waals surface area contributed by atoms with Gasteiger partial charge >= 0.3 is 5.97 Å².